The molecule has 0 N–H and O–H groups in total. The van der Waals surface area contributed by atoms with Gasteiger partial charge in [0.2, 0.25) is 0 Å². The number of benzene rings is 1. The monoisotopic (exact) mass is 350 g/mol. The van der Waals surface area contributed by atoms with Crippen LogP contribution in [-0.2, 0) is 10.1 Å². The summed E-state index contributed by atoms with van der Waals surface area (Å²) in [5, 5.41) is 2.42. The summed E-state index contributed by atoms with van der Waals surface area (Å²) in [5.74, 6) is 0.248. The van der Waals surface area contributed by atoms with Crippen molar-refractivity contribution >= 4 is 32.4 Å². The molecule has 7 heteroatoms. The molecule has 0 aliphatic carbocycles. The van der Waals surface area contributed by atoms with Crippen LogP contribution in [0.25, 0.3) is 11.0 Å². The molecular formula is C16H14O5S2. The molecule has 5 nitrogen and oxygen atoms in total. The van der Waals surface area contributed by atoms with Crippen molar-refractivity contribution in [3.8, 4) is 5.75 Å². The summed E-state index contributed by atoms with van der Waals surface area (Å²) in [4.78, 5) is 11.7. The van der Waals surface area contributed by atoms with E-state index in [1.165, 1.54) is 18.2 Å². The van der Waals surface area contributed by atoms with Gasteiger partial charge in [-0.15, -0.1) is 11.3 Å². The van der Waals surface area contributed by atoms with Crippen LogP contribution >= 0.6 is 11.3 Å². The summed E-state index contributed by atoms with van der Waals surface area (Å²) in [6.45, 7) is 3.94. The van der Waals surface area contributed by atoms with Gasteiger partial charge in [0, 0.05) is 17.5 Å². The molecule has 0 aliphatic rings. The van der Waals surface area contributed by atoms with Gasteiger partial charge < -0.3 is 8.60 Å². The van der Waals surface area contributed by atoms with Crippen molar-refractivity contribution in [3.63, 3.8) is 0 Å². The summed E-state index contributed by atoms with van der Waals surface area (Å²) in [6, 6.07) is 9.24. The second kappa shape index (κ2) is 5.82. The molecule has 3 aromatic rings. The van der Waals surface area contributed by atoms with Gasteiger partial charge in [0.25, 0.3) is 0 Å². The van der Waals surface area contributed by atoms with Crippen molar-refractivity contribution in [1.82, 2.24) is 0 Å². The van der Waals surface area contributed by atoms with Gasteiger partial charge in [-0.3, -0.25) is 0 Å². The second-order valence-corrected chi connectivity index (χ2v) is 8.02. The summed E-state index contributed by atoms with van der Waals surface area (Å²) in [5.41, 5.74) is 0.684. The fourth-order valence-corrected chi connectivity index (χ4v) is 4.14. The van der Waals surface area contributed by atoms with Gasteiger partial charge in [0.15, 0.2) is 4.21 Å². The maximum Gasteiger partial charge on any atom is 0.348 e. The van der Waals surface area contributed by atoms with Crippen LogP contribution in [-0.4, -0.2) is 8.42 Å². The van der Waals surface area contributed by atoms with Gasteiger partial charge in [-0.25, -0.2) is 4.79 Å². The van der Waals surface area contributed by atoms with Crippen LogP contribution in [0.2, 0.25) is 0 Å². The molecule has 0 aliphatic heterocycles. The molecule has 1 aromatic carbocycles. The summed E-state index contributed by atoms with van der Waals surface area (Å²) in [7, 11) is -3.88. The molecule has 0 atom stereocenters. The Balaban J connectivity index is 2.06. The molecule has 0 radical (unpaired) electrons. The molecule has 2 aromatic heterocycles. The largest absolute Gasteiger partial charge is 0.423 e. The summed E-state index contributed by atoms with van der Waals surface area (Å²) in [6.07, 6.45) is 0. The zero-order chi connectivity index (χ0) is 16.6. The van der Waals surface area contributed by atoms with E-state index in [0.29, 0.717) is 5.58 Å². The zero-order valence-corrected chi connectivity index (χ0v) is 14.1. The highest BCUT2D eigenvalue weighted by atomic mass is 32.3. The lowest BCUT2D eigenvalue weighted by molar-refractivity contribution is 0.487. The molecule has 120 valence electrons. The number of hydrogen-bond acceptors (Lipinski definition) is 6. The van der Waals surface area contributed by atoms with E-state index in [9.17, 15) is 13.2 Å². The van der Waals surface area contributed by atoms with E-state index >= 15 is 0 Å². The summed E-state index contributed by atoms with van der Waals surface area (Å²) < 4.78 is 34.7. The van der Waals surface area contributed by atoms with E-state index in [1.54, 1.807) is 23.6 Å². The van der Waals surface area contributed by atoms with Crippen LogP contribution in [0.15, 0.2) is 55.2 Å². The molecule has 23 heavy (non-hydrogen) atoms. The Kier molecular flexibility index (Phi) is 3.99. The third-order valence-corrected chi connectivity index (χ3v) is 5.92. The van der Waals surface area contributed by atoms with Crippen LogP contribution in [0.4, 0.5) is 0 Å². The van der Waals surface area contributed by atoms with Gasteiger partial charge in [0.05, 0.1) is 0 Å². The fraction of sp³-hybridized carbons (Fsp3) is 0.188. The van der Waals surface area contributed by atoms with E-state index in [2.05, 4.69) is 0 Å². The highest BCUT2D eigenvalue weighted by molar-refractivity contribution is 7.89. The first-order valence-corrected chi connectivity index (χ1v) is 9.21. The molecular weight excluding hydrogens is 336 g/mol. The standard InChI is InChI=1S/C16H14O5S2/c1-10(2)13-9-15(17)20-14-8-11(5-6-12(13)14)21-23(18,19)16-4-3-7-22-16/h3-10H,1-2H3. The molecule has 3 rings (SSSR count). The van der Waals surface area contributed by atoms with Gasteiger partial charge >= 0.3 is 15.7 Å². The van der Waals surface area contributed by atoms with E-state index in [1.807, 2.05) is 13.8 Å². The van der Waals surface area contributed by atoms with Crippen LogP contribution in [0.5, 0.6) is 5.75 Å². The van der Waals surface area contributed by atoms with Crippen molar-refractivity contribution in [2.45, 2.75) is 24.0 Å². The van der Waals surface area contributed by atoms with E-state index in [0.717, 1.165) is 22.3 Å². The molecule has 0 amide bonds. The lowest BCUT2D eigenvalue weighted by Gasteiger charge is -2.10. The maximum absolute atomic E-state index is 12.1. The minimum absolute atomic E-state index is 0.106. The smallest absolute Gasteiger partial charge is 0.348 e. The van der Waals surface area contributed by atoms with Crippen LogP contribution in [0, 0.1) is 0 Å². The fourth-order valence-electron chi connectivity index (χ4n) is 2.27. The second-order valence-electron chi connectivity index (χ2n) is 5.30. The Hall–Kier alpha value is -2.12. The number of hydrogen-bond donors (Lipinski definition) is 0. The van der Waals surface area contributed by atoms with Gasteiger partial charge in [-0.2, -0.15) is 8.42 Å². The average Bonchev–Trinajstić information content (AvgIpc) is 3.00. The highest BCUT2D eigenvalue weighted by Crippen LogP contribution is 2.29. The minimum atomic E-state index is -3.88. The number of rotatable bonds is 4. The summed E-state index contributed by atoms with van der Waals surface area (Å²) >= 11 is 1.08. The van der Waals surface area contributed by atoms with Gasteiger partial charge in [0.1, 0.15) is 11.3 Å². The molecule has 0 unspecified atom stereocenters. The predicted molar refractivity (Wildman–Crippen MR) is 88.7 cm³/mol. The number of thiophene rings is 1. The lowest BCUT2D eigenvalue weighted by Crippen LogP contribution is -2.08. The number of fused-ring (bicyclic) bond motifs is 1. The van der Waals surface area contributed by atoms with Crippen molar-refractivity contribution in [3.05, 3.63) is 57.8 Å². The van der Waals surface area contributed by atoms with Crippen LogP contribution in [0.3, 0.4) is 0 Å². The normalized spacial score (nSPS) is 12.0. The van der Waals surface area contributed by atoms with E-state index in [4.69, 9.17) is 8.60 Å². The quantitative estimate of drug-likeness (QED) is 0.529. The predicted octanol–water partition coefficient (Wildman–Crippen LogP) is 3.75. The zero-order valence-electron chi connectivity index (χ0n) is 12.5. The molecule has 0 fully saturated rings. The third-order valence-electron chi connectivity index (χ3n) is 3.32. The Morgan fingerprint density at radius 2 is 1.96 bits per heavy atom. The first kappa shape index (κ1) is 15.8. The SMILES string of the molecule is CC(C)c1cc(=O)oc2cc(OS(=O)(=O)c3cccs3)ccc12. The minimum Gasteiger partial charge on any atom is -0.423 e. The molecule has 2 heterocycles. The molecule has 0 bridgehead atoms. The lowest BCUT2D eigenvalue weighted by atomic mass is 10.00. The Morgan fingerprint density at radius 3 is 2.61 bits per heavy atom. The van der Waals surface area contributed by atoms with Crippen molar-refractivity contribution in [2.24, 2.45) is 0 Å². The molecule has 0 spiro atoms. The maximum atomic E-state index is 12.1. The molecule has 0 saturated heterocycles. The van der Waals surface area contributed by atoms with E-state index < -0.39 is 15.7 Å². The van der Waals surface area contributed by atoms with Gasteiger partial charge in [-0.1, -0.05) is 19.9 Å². The first-order valence-electron chi connectivity index (χ1n) is 6.92. The molecule has 0 saturated carbocycles. The van der Waals surface area contributed by atoms with Crippen molar-refractivity contribution < 1.29 is 17.0 Å². The van der Waals surface area contributed by atoms with Crippen molar-refractivity contribution in [2.75, 3.05) is 0 Å². The highest BCUT2D eigenvalue weighted by Gasteiger charge is 2.18. The van der Waals surface area contributed by atoms with Crippen LogP contribution in [0.1, 0.15) is 25.3 Å². The van der Waals surface area contributed by atoms with Crippen LogP contribution < -0.4 is 9.81 Å². The topological polar surface area (TPSA) is 73.6 Å². The third kappa shape index (κ3) is 3.16. The van der Waals surface area contributed by atoms with E-state index in [-0.39, 0.29) is 15.9 Å². The first-order chi connectivity index (χ1) is 10.9. The Bertz CT molecular complexity index is 999. The Labute approximate surface area is 137 Å². The average molecular weight is 350 g/mol. The Morgan fingerprint density at radius 1 is 1.17 bits per heavy atom. The van der Waals surface area contributed by atoms with Gasteiger partial charge in [-0.05, 0) is 35.1 Å². The van der Waals surface area contributed by atoms with Crippen molar-refractivity contribution in [1.29, 1.82) is 0 Å².